The van der Waals surface area contributed by atoms with Crippen molar-refractivity contribution < 1.29 is 4.74 Å². The zero-order valence-electron chi connectivity index (χ0n) is 10.2. The van der Waals surface area contributed by atoms with Crippen molar-refractivity contribution in [3.8, 4) is 11.6 Å². The van der Waals surface area contributed by atoms with Gasteiger partial charge in [0.2, 0.25) is 5.88 Å². The van der Waals surface area contributed by atoms with Crippen LogP contribution in [0.15, 0.2) is 35.1 Å². The van der Waals surface area contributed by atoms with Crippen molar-refractivity contribution in [3.63, 3.8) is 0 Å². The molecule has 0 atom stereocenters. The molecule has 0 amide bonds. The minimum absolute atomic E-state index is 0.358. The summed E-state index contributed by atoms with van der Waals surface area (Å²) >= 11 is 3.46. The largest absolute Gasteiger partial charge is 0.439 e. The molecule has 0 aliphatic heterocycles. The van der Waals surface area contributed by atoms with Gasteiger partial charge < -0.3 is 10.5 Å². The molecule has 0 unspecified atom stereocenters. The second-order valence-corrected chi connectivity index (χ2v) is 5.14. The smallest absolute Gasteiger partial charge is 0.224 e. The second-order valence-electron chi connectivity index (χ2n) is 4.22. The van der Waals surface area contributed by atoms with Crippen LogP contribution in [0.3, 0.4) is 0 Å². The number of nitrogen functional groups attached to an aromatic ring is 1. The lowest BCUT2D eigenvalue weighted by atomic mass is 10.0. The number of ether oxygens (including phenoxy) is 1. The highest BCUT2D eigenvalue weighted by atomic mass is 79.9. The van der Waals surface area contributed by atoms with E-state index in [0.29, 0.717) is 17.6 Å². The SMILES string of the molecule is CC(C)c1cc(Br)ccc1Oc1cc(N)ncn1. The molecule has 94 valence electrons. The Morgan fingerprint density at radius 1 is 1.22 bits per heavy atom. The number of nitrogens with two attached hydrogens (primary N) is 1. The van der Waals surface area contributed by atoms with Crippen molar-refractivity contribution in [1.82, 2.24) is 9.97 Å². The van der Waals surface area contributed by atoms with E-state index in [1.165, 1.54) is 6.33 Å². The Morgan fingerprint density at radius 3 is 2.67 bits per heavy atom. The average molecular weight is 308 g/mol. The summed E-state index contributed by atoms with van der Waals surface area (Å²) in [7, 11) is 0. The maximum atomic E-state index is 5.75. The number of anilines is 1. The molecule has 0 saturated carbocycles. The molecule has 0 fully saturated rings. The fourth-order valence-corrected chi connectivity index (χ4v) is 1.96. The molecule has 2 aromatic rings. The van der Waals surface area contributed by atoms with Crippen LogP contribution in [-0.4, -0.2) is 9.97 Å². The van der Waals surface area contributed by atoms with Crippen molar-refractivity contribution in [3.05, 3.63) is 40.6 Å². The van der Waals surface area contributed by atoms with E-state index in [2.05, 4.69) is 39.7 Å². The predicted octanol–water partition coefficient (Wildman–Crippen LogP) is 3.74. The van der Waals surface area contributed by atoms with E-state index in [-0.39, 0.29) is 0 Å². The third kappa shape index (κ3) is 2.98. The van der Waals surface area contributed by atoms with E-state index in [9.17, 15) is 0 Å². The van der Waals surface area contributed by atoms with Gasteiger partial charge in [0.15, 0.2) is 0 Å². The Hall–Kier alpha value is -1.62. The van der Waals surface area contributed by atoms with Crippen LogP contribution in [-0.2, 0) is 0 Å². The van der Waals surface area contributed by atoms with Crippen molar-refractivity contribution in [2.75, 3.05) is 5.73 Å². The van der Waals surface area contributed by atoms with E-state index in [1.807, 2.05) is 18.2 Å². The van der Waals surface area contributed by atoms with Gasteiger partial charge in [-0.25, -0.2) is 9.97 Å². The van der Waals surface area contributed by atoms with E-state index < -0.39 is 0 Å². The van der Waals surface area contributed by atoms with Crippen LogP contribution in [0.2, 0.25) is 0 Å². The van der Waals surface area contributed by atoms with Crippen molar-refractivity contribution >= 4 is 21.7 Å². The maximum absolute atomic E-state index is 5.75. The Kier molecular flexibility index (Phi) is 3.81. The van der Waals surface area contributed by atoms with Gasteiger partial charge in [0, 0.05) is 10.5 Å². The fourth-order valence-electron chi connectivity index (χ4n) is 1.59. The van der Waals surface area contributed by atoms with Crippen molar-refractivity contribution in [1.29, 1.82) is 0 Å². The fraction of sp³-hybridized carbons (Fsp3) is 0.231. The molecule has 4 nitrogen and oxygen atoms in total. The van der Waals surface area contributed by atoms with Gasteiger partial charge in [-0.1, -0.05) is 29.8 Å². The number of nitrogens with zero attached hydrogens (tertiary/aromatic N) is 2. The lowest BCUT2D eigenvalue weighted by Crippen LogP contribution is -1.97. The normalized spacial score (nSPS) is 10.7. The predicted molar refractivity (Wildman–Crippen MR) is 74.7 cm³/mol. The summed E-state index contributed by atoms with van der Waals surface area (Å²) in [5.41, 5.74) is 6.71. The summed E-state index contributed by atoms with van der Waals surface area (Å²) in [6.07, 6.45) is 1.39. The monoisotopic (exact) mass is 307 g/mol. The molecule has 1 aromatic carbocycles. The Labute approximate surface area is 114 Å². The first kappa shape index (κ1) is 12.8. The van der Waals surface area contributed by atoms with Gasteiger partial charge in [0.25, 0.3) is 0 Å². The van der Waals surface area contributed by atoms with Crippen molar-refractivity contribution in [2.45, 2.75) is 19.8 Å². The Morgan fingerprint density at radius 2 is 2.00 bits per heavy atom. The molecular weight excluding hydrogens is 294 g/mol. The molecule has 0 spiro atoms. The molecule has 1 heterocycles. The number of hydrogen-bond donors (Lipinski definition) is 1. The minimum Gasteiger partial charge on any atom is -0.439 e. The first-order valence-electron chi connectivity index (χ1n) is 5.61. The number of rotatable bonds is 3. The van der Waals surface area contributed by atoms with Gasteiger partial charge in [-0.15, -0.1) is 0 Å². The highest BCUT2D eigenvalue weighted by molar-refractivity contribution is 9.10. The summed E-state index contributed by atoms with van der Waals surface area (Å²) in [6, 6.07) is 7.50. The van der Waals surface area contributed by atoms with Gasteiger partial charge in [0.05, 0.1) is 0 Å². The number of halogens is 1. The third-order valence-corrected chi connectivity index (χ3v) is 2.96. The second kappa shape index (κ2) is 5.35. The summed E-state index contributed by atoms with van der Waals surface area (Å²) < 4.78 is 6.78. The summed E-state index contributed by atoms with van der Waals surface area (Å²) in [5, 5.41) is 0. The minimum atomic E-state index is 0.358. The maximum Gasteiger partial charge on any atom is 0.224 e. The van der Waals surface area contributed by atoms with E-state index in [0.717, 1.165) is 15.8 Å². The van der Waals surface area contributed by atoms with Crippen LogP contribution < -0.4 is 10.5 Å². The lowest BCUT2D eigenvalue weighted by molar-refractivity contribution is 0.453. The van der Waals surface area contributed by atoms with E-state index in [1.54, 1.807) is 6.07 Å². The van der Waals surface area contributed by atoms with Gasteiger partial charge >= 0.3 is 0 Å². The molecule has 0 aliphatic carbocycles. The molecule has 1 aromatic heterocycles. The molecule has 5 heteroatoms. The molecule has 0 saturated heterocycles. The van der Waals surface area contributed by atoms with Gasteiger partial charge in [-0.2, -0.15) is 0 Å². The Balaban J connectivity index is 2.34. The Bertz CT molecular complexity index is 558. The number of hydrogen-bond acceptors (Lipinski definition) is 4. The van der Waals surface area contributed by atoms with Crippen LogP contribution in [0.5, 0.6) is 11.6 Å². The zero-order valence-corrected chi connectivity index (χ0v) is 11.8. The van der Waals surface area contributed by atoms with E-state index in [4.69, 9.17) is 10.5 Å². The van der Waals surface area contributed by atoms with Gasteiger partial charge in [-0.3, -0.25) is 0 Å². The molecule has 2 N–H and O–H groups in total. The van der Waals surface area contributed by atoms with Crippen LogP contribution in [0.25, 0.3) is 0 Å². The van der Waals surface area contributed by atoms with E-state index >= 15 is 0 Å². The van der Waals surface area contributed by atoms with Crippen LogP contribution in [0, 0.1) is 0 Å². The molecule has 0 bridgehead atoms. The molecule has 18 heavy (non-hydrogen) atoms. The average Bonchev–Trinajstić information content (AvgIpc) is 2.31. The first-order valence-corrected chi connectivity index (χ1v) is 6.40. The molecule has 0 aliphatic rings. The quantitative estimate of drug-likeness (QED) is 0.938. The number of benzene rings is 1. The molecular formula is C13H14BrN3O. The summed E-state index contributed by atoms with van der Waals surface area (Å²) in [6.45, 7) is 4.23. The zero-order chi connectivity index (χ0) is 13.1. The molecule has 2 rings (SSSR count). The van der Waals surface area contributed by atoms with Crippen LogP contribution in [0.4, 0.5) is 5.82 Å². The van der Waals surface area contributed by atoms with Gasteiger partial charge in [0.1, 0.15) is 17.9 Å². The lowest BCUT2D eigenvalue weighted by Gasteiger charge is -2.13. The topological polar surface area (TPSA) is 61.0 Å². The standard InChI is InChI=1S/C13H14BrN3O/c1-8(2)10-5-9(14)3-4-11(10)18-13-6-12(15)16-7-17-13/h3-8H,1-2H3,(H2,15,16,17). The summed E-state index contributed by atoms with van der Waals surface area (Å²) in [4.78, 5) is 7.86. The summed E-state index contributed by atoms with van der Waals surface area (Å²) in [5.74, 6) is 1.98. The molecule has 0 radical (unpaired) electrons. The first-order chi connectivity index (χ1) is 8.56. The highest BCUT2D eigenvalue weighted by Gasteiger charge is 2.10. The number of aromatic nitrogens is 2. The highest BCUT2D eigenvalue weighted by Crippen LogP contribution is 2.32. The third-order valence-electron chi connectivity index (χ3n) is 2.47. The van der Waals surface area contributed by atoms with Crippen LogP contribution in [0.1, 0.15) is 25.3 Å². The van der Waals surface area contributed by atoms with Crippen LogP contribution >= 0.6 is 15.9 Å². The van der Waals surface area contributed by atoms with Gasteiger partial charge in [-0.05, 0) is 29.7 Å². The van der Waals surface area contributed by atoms with Crippen molar-refractivity contribution in [2.24, 2.45) is 0 Å².